The molecule has 1 N–H and O–H groups in total. The Morgan fingerprint density at radius 3 is 2.62 bits per heavy atom. The summed E-state index contributed by atoms with van der Waals surface area (Å²) >= 11 is 0. The highest BCUT2D eigenvalue weighted by molar-refractivity contribution is 4.80. The highest BCUT2D eigenvalue weighted by Crippen LogP contribution is 2.24. The van der Waals surface area contributed by atoms with Gasteiger partial charge in [0.2, 0.25) is 0 Å². The van der Waals surface area contributed by atoms with Crippen LogP contribution in [0.5, 0.6) is 0 Å². The second-order valence-electron chi connectivity index (χ2n) is 5.47. The smallest absolute Gasteiger partial charge is 0.0555 e. The molecule has 2 unspecified atom stereocenters. The van der Waals surface area contributed by atoms with Gasteiger partial charge in [0.25, 0.3) is 0 Å². The lowest BCUT2D eigenvalue weighted by atomic mass is 9.91. The van der Waals surface area contributed by atoms with Crippen LogP contribution >= 0.6 is 0 Å². The Balaban J connectivity index is 1.75. The number of nitrogens with zero attached hydrogens (tertiary/aromatic N) is 1. The molecular weight excluding hydrogens is 202 g/mol. The summed E-state index contributed by atoms with van der Waals surface area (Å²) in [5.74, 6) is 0.804. The number of aliphatic hydroxyl groups excluding tert-OH is 1. The summed E-state index contributed by atoms with van der Waals surface area (Å²) in [4.78, 5) is 2.47. The van der Waals surface area contributed by atoms with Gasteiger partial charge in [-0.2, -0.15) is 0 Å². The van der Waals surface area contributed by atoms with Gasteiger partial charge in [-0.25, -0.2) is 0 Å². The summed E-state index contributed by atoms with van der Waals surface area (Å²) in [6.45, 7) is 3.05. The van der Waals surface area contributed by atoms with Crippen molar-refractivity contribution < 1.29 is 9.84 Å². The Labute approximate surface area is 98.8 Å². The molecule has 0 aromatic heterocycles. The van der Waals surface area contributed by atoms with Gasteiger partial charge in [-0.3, -0.25) is 0 Å². The van der Waals surface area contributed by atoms with E-state index in [1.165, 1.54) is 32.2 Å². The monoisotopic (exact) mass is 227 g/mol. The number of aliphatic hydroxyl groups is 1. The Kier molecular flexibility index (Phi) is 4.62. The number of hydrogen-bond acceptors (Lipinski definition) is 3. The van der Waals surface area contributed by atoms with Crippen LogP contribution in [-0.2, 0) is 4.74 Å². The second-order valence-corrected chi connectivity index (χ2v) is 5.47. The van der Waals surface area contributed by atoms with Gasteiger partial charge in [0.15, 0.2) is 0 Å². The normalized spacial score (nSPS) is 33.2. The summed E-state index contributed by atoms with van der Waals surface area (Å²) in [6, 6.07) is 0.603. The Hall–Kier alpha value is -0.120. The number of ether oxygens (including phenoxy) is 1. The first kappa shape index (κ1) is 12.3. The van der Waals surface area contributed by atoms with Crippen LogP contribution < -0.4 is 0 Å². The van der Waals surface area contributed by atoms with Gasteiger partial charge in [-0.05, 0) is 51.5 Å². The third kappa shape index (κ3) is 3.44. The third-order valence-corrected chi connectivity index (χ3v) is 4.13. The summed E-state index contributed by atoms with van der Waals surface area (Å²) in [5.41, 5.74) is 0. The minimum atomic E-state index is -0.0594. The zero-order valence-electron chi connectivity index (χ0n) is 10.4. The maximum absolute atomic E-state index is 9.69. The summed E-state index contributed by atoms with van der Waals surface area (Å²) in [5, 5.41) is 9.69. The van der Waals surface area contributed by atoms with Crippen molar-refractivity contribution in [1.29, 1.82) is 0 Å². The lowest BCUT2D eigenvalue weighted by molar-refractivity contribution is 0.0331. The molecule has 2 fully saturated rings. The Morgan fingerprint density at radius 1 is 1.19 bits per heavy atom. The largest absolute Gasteiger partial charge is 0.393 e. The van der Waals surface area contributed by atoms with Gasteiger partial charge in [-0.15, -0.1) is 0 Å². The SMILES string of the molecule is CN(CC1CCOCC1)C1CCCC(O)C1. The van der Waals surface area contributed by atoms with Crippen molar-refractivity contribution in [3.05, 3.63) is 0 Å². The maximum Gasteiger partial charge on any atom is 0.0555 e. The van der Waals surface area contributed by atoms with Crippen LogP contribution in [0, 0.1) is 5.92 Å². The van der Waals surface area contributed by atoms with Crippen LogP contribution in [0.15, 0.2) is 0 Å². The van der Waals surface area contributed by atoms with Crippen molar-refractivity contribution in [2.24, 2.45) is 5.92 Å². The van der Waals surface area contributed by atoms with Crippen LogP contribution in [0.2, 0.25) is 0 Å². The van der Waals surface area contributed by atoms with Gasteiger partial charge < -0.3 is 14.7 Å². The zero-order valence-corrected chi connectivity index (χ0v) is 10.4. The van der Waals surface area contributed by atoms with Crippen LogP contribution in [0.3, 0.4) is 0 Å². The van der Waals surface area contributed by atoms with Crippen LogP contribution in [0.1, 0.15) is 38.5 Å². The van der Waals surface area contributed by atoms with Gasteiger partial charge in [-0.1, -0.05) is 0 Å². The molecule has 0 amide bonds. The molecule has 2 atom stereocenters. The third-order valence-electron chi connectivity index (χ3n) is 4.13. The molecule has 2 rings (SSSR count). The van der Waals surface area contributed by atoms with Crippen molar-refractivity contribution in [2.75, 3.05) is 26.8 Å². The summed E-state index contributed by atoms with van der Waals surface area (Å²) < 4.78 is 5.39. The first-order valence-corrected chi connectivity index (χ1v) is 6.71. The minimum Gasteiger partial charge on any atom is -0.393 e. The highest BCUT2D eigenvalue weighted by atomic mass is 16.5. The molecule has 1 aliphatic heterocycles. The van der Waals surface area contributed by atoms with E-state index in [0.29, 0.717) is 6.04 Å². The van der Waals surface area contributed by atoms with Gasteiger partial charge in [0, 0.05) is 25.8 Å². The fourth-order valence-corrected chi connectivity index (χ4v) is 3.02. The van der Waals surface area contributed by atoms with E-state index >= 15 is 0 Å². The predicted molar refractivity (Wildman–Crippen MR) is 64.4 cm³/mol. The molecule has 0 aromatic carbocycles. The molecule has 1 aliphatic carbocycles. The van der Waals surface area contributed by atoms with E-state index in [0.717, 1.165) is 32.0 Å². The Bertz CT molecular complexity index is 204. The molecule has 2 aliphatic rings. The Morgan fingerprint density at radius 2 is 1.94 bits per heavy atom. The van der Waals surface area contributed by atoms with E-state index in [2.05, 4.69) is 11.9 Å². The molecule has 0 radical (unpaired) electrons. The van der Waals surface area contributed by atoms with E-state index in [-0.39, 0.29) is 6.10 Å². The van der Waals surface area contributed by atoms with E-state index in [4.69, 9.17) is 4.74 Å². The van der Waals surface area contributed by atoms with E-state index in [9.17, 15) is 5.11 Å². The summed E-state index contributed by atoms with van der Waals surface area (Å²) in [6.07, 6.45) is 6.78. The average Bonchev–Trinajstić information content (AvgIpc) is 2.30. The molecule has 0 spiro atoms. The molecule has 1 saturated carbocycles. The maximum atomic E-state index is 9.69. The molecule has 1 saturated heterocycles. The van der Waals surface area contributed by atoms with Gasteiger partial charge in [0.05, 0.1) is 6.10 Å². The molecule has 0 bridgehead atoms. The second kappa shape index (κ2) is 5.99. The molecule has 16 heavy (non-hydrogen) atoms. The number of rotatable bonds is 3. The van der Waals surface area contributed by atoms with Crippen molar-refractivity contribution in [2.45, 2.75) is 50.7 Å². The minimum absolute atomic E-state index is 0.0594. The van der Waals surface area contributed by atoms with Gasteiger partial charge in [0.1, 0.15) is 0 Å². The highest BCUT2D eigenvalue weighted by Gasteiger charge is 2.25. The molecule has 0 aromatic rings. The van der Waals surface area contributed by atoms with Gasteiger partial charge >= 0.3 is 0 Å². The number of hydrogen-bond donors (Lipinski definition) is 1. The van der Waals surface area contributed by atoms with Crippen molar-refractivity contribution >= 4 is 0 Å². The first-order chi connectivity index (χ1) is 7.75. The predicted octanol–water partition coefficient (Wildman–Crippen LogP) is 1.65. The fourth-order valence-electron chi connectivity index (χ4n) is 3.02. The molecular formula is C13H25NO2. The molecule has 3 heteroatoms. The van der Waals surface area contributed by atoms with Crippen molar-refractivity contribution in [3.63, 3.8) is 0 Å². The molecule has 1 heterocycles. The first-order valence-electron chi connectivity index (χ1n) is 6.71. The fraction of sp³-hybridized carbons (Fsp3) is 1.00. The van der Waals surface area contributed by atoms with Crippen molar-refractivity contribution in [1.82, 2.24) is 4.90 Å². The van der Waals surface area contributed by atoms with E-state index in [1.54, 1.807) is 0 Å². The summed E-state index contributed by atoms with van der Waals surface area (Å²) in [7, 11) is 2.22. The van der Waals surface area contributed by atoms with Crippen LogP contribution in [-0.4, -0.2) is 49.0 Å². The lowest BCUT2D eigenvalue weighted by Gasteiger charge is -2.36. The molecule has 3 nitrogen and oxygen atoms in total. The van der Waals surface area contributed by atoms with E-state index < -0.39 is 0 Å². The zero-order chi connectivity index (χ0) is 11.4. The topological polar surface area (TPSA) is 32.7 Å². The van der Waals surface area contributed by atoms with E-state index in [1.807, 2.05) is 0 Å². The molecule has 94 valence electrons. The standard InChI is InChI=1S/C13H25NO2/c1-14(10-11-5-7-16-8-6-11)12-3-2-4-13(15)9-12/h11-13,15H,2-10H2,1H3. The quantitative estimate of drug-likeness (QED) is 0.795. The lowest BCUT2D eigenvalue weighted by Crippen LogP contribution is -2.41. The van der Waals surface area contributed by atoms with Crippen LogP contribution in [0.4, 0.5) is 0 Å². The van der Waals surface area contributed by atoms with Crippen molar-refractivity contribution in [3.8, 4) is 0 Å². The average molecular weight is 227 g/mol. The van der Waals surface area contributed by atoms with Crippen LogP contribution in [0.25, 0.3) is 0 Å².